The molecule has 1 aliphatic rings. The highest BCUT2D eigenvalue weighted by Crippen LogP contribution is 2.17. The molecular weight excluding hydrogens is 164 g/mol. The summed E-state index contributed by atoms with van der Waals surface area (Å²) in [6.45, 7) is 6.21. The zero-order valence-electron chi connectivity index (χ0n) is 7.22. The highest BCUT2D eigenvalue weighted by molar-refractivity contribution is 6.64. The molecule has 0 atom stereocenters. The van der Waals surface area contributed by atoms with Gasteiger partial charge < -0.3 is 0 Å². The van der Waals surface area contributed by atoms with Crippen LogP contribution < -0.4 is 5.53 Å². The Balaban J connectivity index is 2.68. The second-order valence-corrected chi connectivity index (χ2v) is 3.83. The van der Waals surface area contributed by atoms with E-state index in [2.05, 4.69) is 31.4 Å². The molecule has 0 unspecified atom stereocenters. The van der Waals surface area contributed by atoms with Gasteiger partial charge in [-0.25, -0.2) is 5.53 Å². The molecule has 4 nitrogen and oxygen atoms in total. The Bertz CT molecular complexity index is 184. The van der Waals surface area contributed by atoms with E-state index in [0.29, 0.717) is 5.29 Å². The lowest BCUT2D eigenvalue weighted by atomic mass is 10.1. The molecule has 1 N–H and O–H groups in total. The first-order valence-corrected chi connectivity index (χ1v) is 3.83. The van der Waals surface area contributed by atoms with E-state index in [1.807, 2.05) is 12.2 Å². The van der Waals surface area contributed by atoms with E-state index in [9.17, 15) is 0 Å². The number of halogens is 1. The van der Waals surface area contributed by atoms with Crippen LogP contribution in [0.3, 0.4) is 0 Å². The van der Waals surface area contributed by atoms with Gasteiger partial charge in [0.15, 0.2) is 0 Å². The van der Waals surface area contributed by atoms with E-state index in [-0.39, 0.29) is 5.54 Å². The highest BCUT2D eigenvalue weighted by Gasteiger charge is 2.30. The van der Waals surface area contributed by atoms with E-state index in [0.717, 1.165) is 0 Å². The van der Waals surface area contributed by atoms with Crippen LogP contribution >= 0.6 is 11.6 Å². The number of hydrazone groups is 1. The number of nitrogens with zero attached hydrogens (tertiary/aromatic N) is 3. The summed E-state index contributed by atoms with van der Waals surface area (Å²) in [4.78, 5) is 0. The standard InChI is InChI=1S/C6H13ClN4/c1-6(2,3)11-9-8-5(7)10(11)4/h9H,1-4H3. The van der Waals surface area contributed by atoms with Crippen molar-refractivity contribution in [3.63, 3.8) is 0 Å². The summed E-state index contributed by atoms with van der Waals surface area (Å²) in [6.07, 6.45) is 0. The third kappa shape index (κ3) is 1.57. The molecule has 11 heavy (non-hydrogen) atoms. The topological polar surface area (TPSA) is 30.9 Å². The Morgan fingerprint density at radius 3 is 2.18 bits per heavy atom. The molecule has 0 fully saturated rings. The molecule has 0 aliphatic carbocycles. The van der Waals surface area contributed by atoms with E-state index in [4.69, 9.17) is 11.6 Å². The van der Waals surface area contributed by atoms with Gasteiger partial charge in [-0.3, -0.25) is 5.01 Å². The SMILES string of the molecule is CN1C(Cl)=NNN1C(C)(C)C. The van der Waals surface area contributed by atoms with Crippen molar-refractivity contribution in [2.24, 2.45) is 5.10 Å². The molecule has 0 aromatic rings. The van der Waals surface area contributed by atoms with Gasteiger partial charge in [0.2, 0.25) is 5.29 Å². The number of hydrazine groups is 2. The van der Waals surface area contributed by atoms with E-state index in [1.54, 1.807) is 5.01 Å². The van der Waals surface area contributed by atoms with Crippen molar-refractivity contribution >= 4 is 16.9 Å². The summed E-state index contributed by atoms with van der Waals surface area (Å²) in [7, 11) is 1.86. The molecule has 0 saturated carbocycles. The minimum atomic E-state index is -0.0190. The van der Waals surface area contributed by atoms with Gasteiger partial charge in [-0.05, 0) is 32.4 Å². The van der Waals surface area contributed by atoms with Crippen LogP contribution in [0.15, 0.2) is 5.10 Å². The van der Waals surface area contributed by atoms with Crippen LogP contribution in [0, 0.1) is 0 Å². The molecule has 5 heteroatoms. The van der Waals surface area contributed by atoms with Crippen molar-refractivity contribution in [2.75, 3.05) is 7.05 Å². The molecule has 1 rings (SSSR count). The fourth-order valence-corrected chi connectivity index (χ4v) is 1.02. The third-order valence-corrected chi connectivity index (χ3v) is 1.77. The Hall–Kier alpha value is -0.480. The molecule has 64 valence electrons. The average molecular weight is 177 g/mol. The monoisotopic (exact) mass is 176 g/mol. The van der Waals surface area contributed by atoms with Crippen LogP contribution in [0.2, 0.25) is 0 Å². The highest BCUT2D eigenvalue weighted by atomic mass is 35.5. The molecule has 0 spiro atoms. The maximum atomic E-state index is 5.74. The number of hydrogen-bond donors (Lipinski definition) is 1. The van der Waals surface area contributed by atoms with Gasteiger partial charge in [0.25, 0.3) is 0 Å². The zero-order chi connectivity index (χ0) is 8.65. The van der Waals surface area contributed by atoms with Crippen molar-refractivity contribution in [3.05, 3.63) is 0 Å². The van der Waals surface area contributed by atoms with Gasteiger partial charge in [0, 0.05) is 7.05 Å². The van der Waals surface area contributed by atoms with Gasteiger partial charge in [0.05, 0.1) is 5.54 Å². The van der Waals surface area contributed by atoms with Gasteiger partial charge in [0.1, 0.15) is 0 Å². The van der Waals surface area contributed by atoms with Crippen molar-refractivity contribution in [1.82, 2.24) is 15.7 Å². The molecule has 0 amide bonds. The molecule has 0 bridgehead atoms. The molecule has 0 radical (unpaired) electrons. The van der Waals surface area contributed by atoms with Crippen LogP contribution in [0.25, 0.3) is 0 Å². The summed E-state index contributed by atoms with van der Waals surface area (Å²) in [5, 5.41) is 7.93. The first kappa shape index (κ1) is 8.62. The number of hydrogen-bond acceptors (Lipinski definition) is 4. The molecule has 1 heterocycles. The van der Waals surface area contributed by atoms with Crippen LogP contribution in [0.1, 0.15) is 20.8 Å². The zero-order valence-corrected chi connectivity index (χ0v) is 7.98. The first-order valence-electron chi connectivity index (χ1n) is 3.45. The lowest BCUT2D eigenvalue weighted by Gasteiger charge is -2.35. The molecule has 0 aromatic carbocycles. The van der Waals surface area contributed by atoms with Crippen LogP contribution in [-0.4, -0.2) is 28.0 Å². The fraction of sp³-hybridized carbons (Fsp3) is 0.833. The predicted molar refractivity (Wildman–Crippen MR) is 45.8 cm³/mol. The summed E-state index contributed by atoms with van der Waals surface area (Å²) in [5.74, 6) is 0. The van der Waals surface area contributed by atoms with Gasteiger partial charge >= 0.3 is 0 Å². The minimum Gasteiger partial charge on any atom is -0.262 e. The number of amidine groups is 1. The van der Waals surface area contributed by atoms with E-state index >= 15 is 0 Å². The Morgan fingerprint density at radius 2 is 2.00 bits per heavy atom. The molecule has 0 saturated heterocycles. The van der Waals surface area contributed by atoms with Gasteiger partial charge in [-0.2, -0.15) is 0 Å². The van der Waals surface area contributed by atoms with Crippen LogP contribution in [-0.2, 0) is 0 Å². The number of rotatable bonds is 0. The third-order valence-electron chi connectivity index (χ3n) is 1.44. The minimum absolute atomic E-state index is 0.0190. The Morgan fingerprint density at radius 1 is 1.45 bits per heavy atom. The lowest BCUT2D eigenvalue weighted by molar-refractivity contribution is -0.0478. The molecule has 1 aliphatic heterocycles. The normalized spacial score (nSPS) is 20.1. The predicted octanol–water partition coefficient (Wildman–Crippen LogP) is 0.962. The lowest BCUT2D eigenvalue weighted by Crippen LogP contribution is -2.53. The quantitative estimate of drug-likeness (QED) is 0.558. The Kier molecular flexibility index (Phi) is 1.98. The Labute approximate surface area is 71.7 Å². The largest absolute Gasteiger partial charge is 0.262 e. The van der Waals surface area contributed by atoms with Gasteiger partial charge in [-0.1, -0.05) is 0 Å². The van der Waals surface area contributed by atoms with E-state index in [1.165, 1.54) is 0 Å². The number of nitrogens with one attached hydrogen (secondary N) is 1. The van der Waals surface area contributed by atoms with E-state index < -0.39 is 0 Å². The van der Waals surface area contributed by atoms with Crippen molar-refractivity contribution in [1.29, 1.82) is 0 Å². The summed E-state index contributed by atoms with van der Waals surface area (Å²) in [6, 6.07) is 0. The van der Waals surface area contributed by atoms with Crippen molar-refractivity contribution in [3.8, 4) is 0 Å². The van der Waals surface area contributed by atoms with Gasteiger partial charge in [-0.15, -0.1) is 10.2 Å². The van der Waals surface area contributed by atoms with Crippen molar-refractivity contribution < 1.29 is 0 Å². The summed E-state index contributed by atoms with van der Waals surface area (Å²) < 4.78 is 0. The second-order valence-electron chi connectivity index (χ2n) is 3.49. The molecule has 0 aromatic heterocycles. The second kappa shape index (κ2) is 2.53. The molecular formula is C6H13ClN4. The smallest absolute Gasteiger partial charge is 0.234 e. The van der Waals surface area contributed by atoms with Crippen LogP contribution in [0.5, 0.6) is 0 Å². The average Bonchev–Trinajstić information content (AvgIpc) is 2.11. The maximum Gasteiger partial charge on any atom is 0.234 e. The fourth-order valence-electron chi connectivity index (χ4n) is 0.911. The summed E-state index contributed by atoms with van der Waals surface area (Å²) in [5.41, 5.74) is 2.79. The maximum absolute atomic E-state index is 5.74. The van der Waals surface area contributed by atoms with Crippen molar-refractivity contribution in [2.45, 2.75) is 26.3 Å². The summed E-state index contributed by atoms with van der Waals surface area (Å²) >= 11 is 5.74. The van der Waals surface area contributed by atoms with Crippen LogP contribution in [0.4, 0.5) is 0 Å². The first-order chi connectivity index (χ1) is 4.93.